The maximum atomic E-state index is 14.7. The first kappa shape index (κ1) is 23.7. The summed E-state index contributed by atoms with van der Waals surface area (Å²) in [6.45, 7) is 2.33. The number of hydrogen-bond acceptors (Lipinski definition) is 4. The summed E-state index contributed by atoms with van der Waals surface area (Å²) in [6, 6.07) is 23.3. The summed E-state index contributed by atoms with van der Waals surface area (Å²) in [5.74, 6) is -1.87. The Kier molecular flexibility index (Phi) is 6.52. The normalized spacial score (nSPS) is 11.2. The Morgan fingerprint density at radius 3 is 2.44 bits per heavy atom. The molecule has 0 bridgehead atoms. The van der Waals surface area contributed by atoms with E-state index in [2.05, 4.69) is 4.98 Å². The van der Waals surface area contributed by atoms with E-state index in [-0.39, 0.29) is 22.5 Å². The Bertz CT molecular complexity index is 1660. The van der Waals surface area contributed by atoms with Crippen molar-refractivity contribution >= 4 is 45.0 Å². The highest BCUT2D eigenvalue weighted by Crippen LogP contribution is 2.29. The molecule has 1 heterocycles. The van der Waals surface area contributed by atoms with Gasteiger partial charge in [-0.15, -0.1) is 0 Å². The highest BCUT2D eigenvalue weighted by atomic mass is 32.2. The van der Waals surface area contributed by atoms with Crippen molar-refractivity contribution in [2.24, 2.45) is 0 Å². The second-order valence-electron chi connectivity index (χ2n) is 8.07. The molecule has 5 nitrogen and oxygen atoms in total. The van der Waals surface area contributed by atoms with Gasteiger partial charge in [-0.1, -0.05) is 60.3 Å². The van der Waals surface area contributed by atoms with Crippen LogP contribution >= 0.6 is 11.8 Å². The van der Waals surface area contributed by atoms with Crippen LogP contribution in [0.15, 0.2) is 94.9 Å². The van der Waals surface area contributed by atoms with Crippen molar-refractivity contribution in [3.05, 3.63) is 107 Å². The maximum Gasteiger partial charge on any atom is 0.266 e. The second kappa shape index (κ2) is 9.91. The second-order valence-corrected chi connectivity index (χ2v) is 9.02. The summed E-state index contributed by atoms with van der Waals surface area (Å²) in [5, 5.41) is 2.41. The number of carbonyl (C=O) groups excluding carboxylic acids is 1. The van der Waals surface area contributed by atoms with Crippen molar-refractivity contribution in [1.82, 2.24) is 9.55 Å². The van der Waals surface area contributed by atoms with Crippen LogP contribution in [0, 0.1) is 11.6 Å². The number of rotatable bonds is 6. The topological polar surface area (TPSA) is 55.2 Å². The zero-order valence-corrected chi connectivity index (χ0v) is 20.1. The van der Waals surface area contributed by atoms with Gasteiger partial charge in [-0.3, -0.25) is 14.2 Å². The number of fused-ring (bicyclic) bond motifs is 2. The Labute approximate surface area is 210 Å². The molecule has 1 aromatic heterocycles. The number of aromatic nitrogens is 2. The zero-order valence-electron chi connectivity index (χ0n) is 19.3. The molecule has 5 aromatic rings. The molecule has 0 spiro atoms. The van der Waals surface area contributed by atoms with Gasteiger partial charge in [0.2, 0.25) is 5.91 Å². The molecule has 0 saturated carbocycles. The number of anilines is 1. The molecule has 36 heavy (non-hydrogen) atoms. The van der Waals surface area contributed by atoms with Crippen LogP contribution in [0.5, 0.6) is 0 Å². The van der Waals surface area contributed by atoms with Crippen molar-refractivity contribution in [2.75, 3.05) is 17.2 Å². The summed E-state index contributed by atoms with van der Waals surface area (Å²) in [5.41, 5.74) is 0.589. The zero-order chi connectivity index (χ0) is 25.2. The predicted octanol–water partition coefficient (Wildman–Crippen LogP) is 5.96. The van der Waals surface area contributed by atoms with Gasteiger partial charge in [0.1, 0.15) is 11.6 Å². The van der Waals surface area contributed by atoms with Crippen LogP contribution in [0.4, 0.5) is 14.5 Å². The maximum absolute atomic E-state index is 14.7. The smallest absolute Gasteiger partial charge is 0.266 e. The molecule has 0 aliphatic heterocycles. The lowest BCUT2D eigenvalue weighted by Crippen LogP contribution is -2.32. The predicted molar refractivity (Wildman–Crippen MR) is 140 cm³/mol. The first-order valence-electron chi connectivity index (χ1n) is 11.4. The van der Waals surface area contributed by atoms with Crippen molar-refractivity contribution in [2.45, 2.75) is 12.1 Å². The number of benzene rings is 4. The Balaban J connectivity index is 1.54. The van der Waals surface area contributed by atoms with Gasteiger partial charge >= 0.3 is 0 Å². The van der Waals surface area contributed by atoms with Crippen LogP contribution in [-0.2, 0) is 4.79 Å². The van der Waals surface area contributed by atoms with E-state index in [1.54, 1.807) is 29.2 Å². The SMILES string of the molecule is CCN(C(=O)CSc1nc2ccccc2c(=O)n1-c1ccc(F)cc1F)c1cccc2ccccc12. The average Bonchev–Trinajstić information content (AvgIpc) is 2.89. The summed E-state index contributed by atoms with van der Waals surface area (Å²) in [6.07, 6.45) is 0. The summed E-state index contributed by atoms with van der Waals surface area (Å²) < 4.78 is 29.4. The molecule has 180 valence electrons. The molecule has 0 saturated heterocycles. The minimum atomic E-state index is -0.895. The fraction of sp³-hybridized carbons (Fsp3) is 0.107. The number of amides is 1. The van der Waals surface area contributed by atoms with E-state index in [4.69, 9.17) is 0 Å². The molecular formula is C28H21F2N3O2S. The quantitative estimate of drug-likeness (QED) is 0.213. The third kappa shape index (κ3) is 4.35. The molecule has 0 aliphatic carbocycles. The van der Waals surface area contributed by atoms with Gasteiger partial charge in [0, 0.05) is 18.0 Å². The summed E-state index contributed by atoms with van der Waals surface area (Å²) >= 11 is 1.04. The standard InChI is InChI=1S/C28H21F2N3O2S/c1-2-32(24-13-7-9-18-8-3-4-10-20(18)24)26(34)17-36-28-31-23-12-6-5-11-21(23)27(35)33(28)25-15-14-19(29)16-22(25)30/h3-16H,2,17H2,1H3. The minimum absolute atomic E-state index is 0.0370. The fourth-order valence-electron chi connectivity index (χ4n) is 4.21. The molecule has 0 fully saturated rings. The molecule has 0 aliphatic rings. The van der Waals surface area contributed by atoms with Gasteiger partial charge in [-0.2, -0.15) is 0 Å². The molecule has 0 N–H and O–H groups in total. The average molecular weight is 502 g/mol. The van der Waals surface area contributed by atoms with E-state index in [0.717, 1.165) is 44.9 Å². The van der Waals surface area contributed by atoms with Crippen molar-refractivity contribution in [3.8, 4) is 5.69 Å². The molecular weight excluding hydrogens is 480 g/mol. The van der Waals surface area contributed by atoms with Gasteiger partial charge in [0.25, 0.3) is 5.56 Å². The number of carbonyl (C=O) groups is 1. The van der Waals surface area contributed by atoms with E-state index in [1.165, 1.54) is 6.07 Å². The monoisotopic (exact) mass is 501 g/mol. The number of nitrogens with zero attached hydrogens (tertiary/aromatic N) is 3. The largest absolute Gasteiger partial charge is 0.311 e. The van der Waals surface area contributed by atoms with Gasteiger partial charge in [-0.25, -0.2) is 13.8 Å². The van der Waals surface area contributed by atoms with E-state index in [1.807, 2.05) is 49.4 Å². The lowest BCUT2D eigenvalue weighted by atomic mass is 10.1. The third-order valence-corrected chi connectivity index (χ3v) is 6.82. The van der Waals surface area contributed by atoms with Crippen LogP contribution < -0.4 is 10.5 Å². The number of halogens is 2. The number of hydrogen-bond donors (Lipinski definition) is 0. The Hall–Kier alpha value is -4.04. The van der Waals surface area contributed by atoms with Crippen LogP contribution in [0.2, 0.25) is 0 Å². The fourth-order valence-corrected chi connectivity index (χ4v) is 5.09. The van der Waals surface area contributed by atoms with E-state index < -0.39 is 17.2 Å². The molecule has 0 unspecified atom stereocenters. The molecule has 0 atom stereocenters. The van der Waals surface area contributed by atoms with Crippen LogP contribution in [0.1, 0.15) is 6.92 Å². The Morgan fingerprint density at radius 1 is 0.944 bits per heavy atom. The lowest BCUT2D eigenvalue weighted by molar-refractivity contribution is -0.116. The third-order valence-electron chi connectivity index (χ3n) is 5.90. The van der Waals surface area contributed by atoms with Gasteiger partial charge in [0.15, 0.2) is 5.16 Å². The van der Waals surface area contributed by atoms with Gasteiger partial charge in [-0.05, 0) is 42.6 Å². The molecule has 1 amide bonds. The highest BCUT2D eigenvalue weighted by Gasteiger charge is 2.21. The van der Waals surface area contributed by atoms with E-state index in [0.29, 0.717) is 17.4 Å². The highest BCUT2D eigenvalue weighted by molar-refractivity contribution is 7.99. The first-order valence-corrected chi connectivity index (χ1v) is 12.3. The molecule has 5 rings (SSSR count). The van der Waals surface area contributed by atoms with Gasteiger partial charge in [0.05, 0.1) is 28.0 Å². The van der Waals surface area contributed by atoms with E-state index in [9.17, 15) is 18.4 Å². The number of para-hydroxylation sites is 1. The van der Waals surface area contributed by atoms with Crippen LogP contribution in [0.25, 0.3) is 27.4 Å². The first-order chi connectivity index (χ1) is 17.5. The molecule has 4 aromatic carbocycles. The molecule has 0 radical (unpaired) electrons. The Morgan fingerprint density at radius 2 is 1.67 bits per heavy atom. The van der Waals surface area contributed by atoms with Gasteiger partial charge < -0.3 is 4.90 Å². The summed E-state index contributed by atoms with van der Waals surface area (Å²) in [4.78, 5) is 32.9. The summed E-state index contributed by atoms with van der Waals surface area (Å²) in [7, 11) is 0. The number of thioether (sulfide) groups is 1. The van der Waals surface area contributed by atoms with Crippen LogP contribution in [0.3, 0.4) is 0 Å². The van der Waals surface area contributed by atoms with Crippen molar-refractivity contribution in [1.29, 1.82) is 0 Å². The molecule has 8 heteroatoms. The van der Waals surface area contributed by atoms with E-state index >= 15 is 0 Å². The lowest BCUT2D eigenvalue weighted by Gasteiger charge is -2.23. The van der Waals surface area contributed by atoms with Crippen molar-refractivity contribution < 1.29 is 13.6 Å². The minimum Gasteiger partial charge on any atom is -0.311 e. The van der Waals surface area contributed by atoms with Crippen LogP contribution in [-0.4, -0.2) is 27.8 Å². The van der Waals surface area contributed by atoms with Crippen molar-refractivity contribution in [3.63, 3.8) is 0 Å².